The second-order valence-electron chi connectivity index (χ2n) is 3.81. The summed E-state index contributed by atoms with van der Waals surface area (Å²) in [5.74, 6) is 0.116. The lowest BCUT2D eigenvalue weighted by molar-refractivity contribution is -0.137. The van der Waals surface area contributed by atoms with E-state index in [4.69, 9.17) is 9.84 Å². The third-order valence-electron chi connectivity index (χ3n) is 2.30. The molecule has 5 nitrogen and oxygen atoms in total. The summed E-state index contributed by atoms with van der Waals surface area (Å²) in [6.45, 7) is 0.393. The van der Waals surface area contributed by atoms with E-state index in [1.165, 1.54) is 11.8 Å². The number of methoxy groups -OCH3 is 1. The van der Waals surface area contributed by atoms with Crippen LogP contribution in [0.2, 0.25) is 0 Å². The number of carbonyl (C=O) groups is 2. The number of nitrogens with one attached hydrogen (secondary N) is 1. The van der Waals surface area contributed by atoms with Crippen molar-refractivity contribution in [2.45, 2.75) is 17.7 Å². The van der Waals surface area contributed by atoms with Crippen LogP contribution in [0.4, 0.5) is 0 Å². The molecule has 0 atom stereocenters. The zero-order chi connectivity index (χ0) is 14.1. The summed E-state index contributed by atoms with van der Waals surface area (Å²) in [7, 11) is 1.60. The van der Waals surface area contributed by atoms with Gasteiger partial charge in [-0.1, -0.05) is 6.07 Å². The van der Waals surface area contributed by atoms with E-state index in [2.05, 4.69) is 5.32 Å². The van der Waals surface area contributed by atoms with Crippen LogP contribution in [0, 0.1) is 0 Å². The van der Waals surface area contributed by atoms with Crippen molar-refractivity contribution in [1.29, 1.82) is 0 Å². The summed E-state index contributed by atoms with van der Waals surface area (Å²) < 4.78 is 5.09. The van der Waals surface area contributed by atoms with Crippen molar-refractivity contribution in [1.82, 2.24) is 5.32 Å². The van der Waals surface area contributed by atoms with E-state index >= 15 is 0 Å². The van der Waals surface area contributed by atoms with Gasteiger partial charge in [0, 0.05) is 17.9 Å². The van der Waals surface area contributed by atoms with Crippen molar-refractivity contribution in [3.05, 3.63) is 24.3 Å². The molecule has 0 saturated heterocycles. The number of benzene rings is 1. The molecule has 0 spiro atoms. The first-order chi connectivity index (χ1) is 9.11. The number of aliphatic carboxylic acids is 1. The number of hydrogen-bond acceptors (Lipinski definition) is 4. The molecule has 1 amide bonds. The van der Waals surface area contributed by atoms with E-state index in [9.17, 15) is 9.59 Å². The fraction of sp³-hybridized carbons (Fsp3) is 0.385. The van der Waals surface area contributed by atoms with Crippen LogP contribution in [0.5, 0.6) is 5.75 Å². The van der Waals surface area contributed by atoms with Crippen molar-refractivity contribution < 1.29 is 19.4 Å². The van der Waals surface area contributed by atoms with Crippen LogP contribution >= 0.6 is 11.8 Å². The highest BCUT2D eigenvalue weighted by Gasteiger charge is 2.04. The van der Waals surface area contributed by atoms with E-state index in [1.807, 2.05) is 24.3 Å². The van der Waals surface area contributed by atoms with E-state index in [0.717, 1.165) is 10.6 Å². The van der Waals surface area contributed by atoms with Gasteiger partial charge >= 0.3 is 5.97 Å². The van der Waals surface area contributed by atoms with Gasteiger partial charge in [-0.3, -0.25) is 9.59 Å². The van der Waals surface area contributed by atoms with Crippen LogP contribution in [0.25, 0.3) is 0 Å². The van der Waals surface area contributed by atoms with Gasteiger partial charge in [0.2, 0.25) is 5.91 Å². The largest absolute Gasteiger partial charge is 0.497 e. The number of ether oxygens (including phenoxy) is 1. The standard InChI is InChI=1S/C13H17NO4S/c1-18-10-4-2-5-11(8-10)19-9-12(15)14-7-3-6-13(16)17/h2,4-5,8H,3,6-7,9H2,1H3,(H,14,15)(H,16,17). The molecule has 0 heterocycles. The highest BCUT2D eigenvalue weighted by atomic mass is 32.2. The molecule has 0 aliphatic rings. The van der Waals surface area contributed by atoms with Gasteiger partial charge in [-0.05, 0) is 24.6 Å². The van der Waals surface area contributed by atoms with Crippen LogP contribution < -0.4 is 10.1 Å². The topological polar surface area (TPSA) is 75.6 Å². The smallest absolute Gasteiger partial charge is 0.303 e. The van der Waals surface area contributed by atoms with Crippen LogP contribution in [-0.4, -0.2) is 36.4 Å². The molecule has 1 aromatic rings. The van der Waals surface area contributed by atoms with Gasteiger partial charge in [-0.25, -0.2) is 0 Å². The zero-order valence-corrected chi connectivity index (χ0v) is 11.5. The summed E-state index contributed by atoms with van der Waals surface area (Å²) in [5, 5.41) is 11.1. The molecule has 0 aliphatic carbocycles. The fourth-order valence-corrected chi connectivity index (χ4v) is 2.13. The Morgan fingerprint density at radius 1 is 1.42 bits per heavy atom. The number of hydrogen-bond donors (Lipinski definition) is 2. The van der Waals surface area contributed by atoms with Gasteiger partial charge in [0.1, 0.15) is 5.75 Å². The van der Waals surface area contributed by atoms with E-state index in [1.54, 1.807) is 7.11 Å². The summed E-state index contributed by atoms with van der Waals surface area (Å²) in [6.07, 6.45) is 0.522. The van der Waals surface area contributed by atoms with Gasteiger partial charge in [-0.2, -0.15) is 0 Å². The highest BCUT2D eigenvalue weighted by molar-refractivity contribution is 8.00. The summed E-state index contributed by atoms with van der Waals surface area (Å²) in [6, 6.07) is 7.48. The molecule has 0 fully saturated rings. The van der Waals surface area contributed by atoms with Crippen LogP contribution in [-0.2, 0) is 9.59 Å². The first-order valence-corrected chi connectivity index (χ1v) is 6.85. The molecule has 0 aromatic heterocycles. The second kappa shape index (κ2) is 8.42. The Balaban J connectivity index is 2.24. The maximum Gasteiger partial charge on any atom is 0.303 e. The Labute approximate surface area is 116 Å². The molecule has 1 rings (SSSR count). The van der Waals surface area contributed by atoms with Crippen molar-refractivity contribution in [3.63, 3.8) is 0 Å². The number of amides is 1. The van der Waals surface area contributed by atoms with Gasteiger partial charge < -0.3 is 15.2 Å². The molecule has 0 aliphatic heterocycles. The van der Waals surface area contributed by atoms with Crippen molar-refractivity contribution in [3.8, 4) is 5.75 Å². The highest BCUT2D eigenvalue weighted by Crippen LogP contribution is 2.22. The molecule has 0 bridgehead atoms. The van der Waals surface area contributed by atoms with Crippen LogP contribution in [0.1, 0.15) is 12.8 Å². The maximum atomic E-state index is 11.5. The molecule has 6 heteroatoms. The predicted octanol–water partition coefficient (Wildman–Crippen LogP) is 1.77. The number of carbonyl (C=O) groups excluding carboxylic acids is 1. The van der Waals surface area contributed by atoms with E-state index in [0.29, 0.717) is 18.7 Å². The maximum absolute atomic E-state index is 11.5. The molecular weight excluding hydrogens is 266 g/mol. The van der Waals surface area contributed by atoms with Crippen LogP contribution in [0.3, 0.4) is 0 Å². The Morgan fingerprint density at radius 2 is 2.21 bits per heavy atom. The minimum Gasteiger partial charge on any atom is -0.497 e. The summed E-state index contributed by atoms with van der Waals surface area (Å²) in [4.78, 5) is 22.7. The molecule has 0 unspecified atom stereocenters. The van der Waals surface area contributed by atoms with E-state index < -0.39 is 5.97 Å². The number of carboxylic acid groups (broad SMARTS) is 1. The molecule has 104 valence electrons. The van der Waals surface area contributed by atoms with Crippen molar-refractivity contribution >= 4 is 23.6 Å². The number of thioether (sulfide) groups is 1. The molecule has 0 radical (unpaired) electrons. The monoisotopic (exact) mass is 283 g/mol. The Kier molecular flexibility index (Phi) is 6.81. The minimum absolute atomic E-state index is 0.0727. The second-order valence-corrected chi connectivity index (χ2v) is 4.86. The van der Waals surface area contributed by atoms with Crippen LogP contribution in [0.15, 0.2) is 29.2 Å². The average Bonchev–Trinajstić information content (AvgIpc) is 2.41. The SMILES string of the molecule is COc1cccc(SCC(=O)NCCCC(=O)O)c1. The third-order valence-corrected chi connectivity index (χ3v) is 3.29. The Bertz CT molecular complexity index is 436. The third kappa shape index (κ3) is 6.71. The Morgan fingerprint density at radius 3 is 2.89 bits per heavy atom. The molecule has 19 heavy (non-hydrogen) atoms. The lowest BCUT2D eigenvalue weighted by Gasteiger charge is -2.05. The fourth-order valence-electron chi connectivity index (χ4n) is 1.36. The van der Waals surface area contributed by atoms with Gasteiger partial charge in [0.15, 0.2) is 0 Å². The average molecular weight is 283 g/mol. The number of rotatable bonds is 8. The lowest BCUT2D eigenvalue weighted by atomic mass is 10.3. The van der Waals surface area contributed by atoms with Gasteiger partial charge in [-0.15, -0.1) is 11.8 Å². The first-order valence-electron chi connectivity index (χ1n) is 5.87. The van der Waals surface area contributed by atoms with E-state index in [-0.39, 0.29) is 12.3 Å². The molecule has 2 N–H and O–H groups in total. The quantitative estimate of drug-likeness (QED) is 0.562. The predicted molar refractivity (Wildman–Crippen MR) is 73.6 cm³/mol. The van der Waals surface area contributed by atoms with Gasteiger partial charge in [0.05, 0.1) is 12.9 Å². The minimum atomic E-state index is -0.847. The molecule has 1 aromatic carbocycles. The normalized spacial score (nSPS) is 9.95. The lowest BCUT2D eigenvalue weighted by Crippen LogP contribution is -2.26. The zero-order valence-electron chi connectivity index (χ0n) is 10.7. The van der Waals surface area contributed by atoms with Crippen molar-refractivity contribution in [2.75, 3.05) is 19.4 Å². The van der Waals surface area contributed by atoms with Crippen molar-refractivity contribution in [2.24, 2.45) is 0 Å². The molecule has 0 saturated carbocycles. The molecular formula is C13H17NO4S. The number of carboxylic acids is 1. The van der Waals surface area contributed by atoms with Gasteiger partial charge in [0.25, 0.3) is 0 Å². The summed E-state index contributed by atoms with van der Waals surface area (Å²) >= 11 is 1.41. The first kappa shape index (κ1) is 15.4. The Hall–Kier alpha value is -1.69. The summed E-state index contributed by atoms with van der Waals surface area (Å²) in [5.41, 5.74) is 0.